The summed E-state index contributed by atoms with van der Waals surface area (Å²) in [5.41, 5.74) is 0. The second kappa shape index (κ2) is 4.52. The van der Waals surface area contributed by atoms with E-state index in [4.69, 9.17) is 5.11 Å². The molecule has 0 aromatic carbocycles. The maximum Gasteiger partial charge on any atom is 0.306 e. The van der Waals surface area contributed by atoms with E-state index in [2.05, 4.69) is 11.9 Å². The van der Waals surface area contributed by atoms with Gasteiger partial charge in [-0.3, -0.25) is 4.79 Å². The number of carbonyl (C=O) groups is 1. The van der Waals surface area contributed by atoms with E-state index in [-0.39, 0.29) is 5.92 Å². The van der Waals surface area contributed by atoms with Gasteiger partial charge in [0, 0.05) is 12.1 Å². The minimum Gasteiger partial charge on any atom is -0.481 e. The molecule has 0 aromatic rings. The third-order valence-corrected chi connectivity index (χ3v) is 4.27. The Bertz CT molecular complexity index is 230. The standard InChI is InChI=1S/C12H21NO2/c1-13(10-3-2-4-10)11-7-5-9(6-8-11)12(14)15/h9-11H,2-8H2,1H3,(H,14,15). The molecule has 0 bridgehead atoms. The van der Waals surface area contributed by atoms with Gasteiger partial charge >= 0.3 is 5.97 Å². The first-order valence-electron chi connectivity index (χ1n) is 6.13. The van der Waals surface area contributed by atoms with Gasteiger partial charge in [-0.05, 0) is 45.6 Å². The van der Waals surface area contributed by atoms with E-state index in [1.165, 1.54) is 19.3 Å². The molecule has 2 aliphatic carbocycles. The first-order valence-corrected chi connectivity index (χ1v) is 6.13. The Hall–Kier alpha value is -0.570. The topological polar surface area (TPSA) is 40.5 Å². The highest BCUT2D eigenvalue weighted by Crippen LogP contribution is 2.32. The Balaban J connectivity index is 1.79. The molecule has 2 fully saturated rings. The van der Waals surface area contributed by atoms with Crippen molar-refractivity contribution in [2.75, 3.05) is 7.05 Å². The lowest BCUT2D eigenvalue weighted by atomic mass is 9.83. The van der Waals surface area contributed by atoms with Crippen molar-refractivity contribution in [3.05, 3.63) is 0 Å². The quantitative estimate of drug-likeness (QED) is 0.777. The zero-order chi connectivity index (χ0) is 10.8. The summed E-state index contributed by atoms with van der Waals surface area (Å²) in [6.45, 7) is 0. The lowest BCUT2D eigenvalue weighted by molar-refractivity contribution is -0.143. The number of rotatable bonds is 3. The summed E-state index contributed by atoms with van der Waals surface area (Å²) >= 11 is 0. The second-order valence-corrected chi connectivity index (χ2v) is 5.09. The fourth-order valence-electron chi connectivity index (χ4n) is 2.82. The van der Waals surface area contributed by atoms with Gasteiger partial charge in [0.2, 0.25) is 0 Å². The molecule has 0 amide bonds. The van der Waals surface area contributed by atoms with Crippen molar-refractivity contribution >= 4 is 5.97 Å². The highest BCUT2D eigenvalue weighted by atomic mass is 16.4. The van der Waals surface area contributed by atoms with Crippen LogP contribution in [0.2, 0.25) is 0 Å². The van der Waals surface area contributed by atoms with Gasteiger partial charge in [-0.2, -0.15) is 0 Å². The van der Waals surface area contributed by atoms with E-state index in [0.717, 1.165) is 31.7 Å². The lowest BCUT2D eigenvalue weighted by Gasteiger charge is -2.42. The third-order valence-electron chi connectivity index (χ3n) is 4.27. The van der Waals surface area contributed by atoms with Crippen molar-refractivity contribution in [1.82, 2.24) is 4.90 Å². The summed E-state index contributed by atoms with van der Waals surface area (Å²) in [7, 11) is 2.22. The van der Waals surface area contributed by atoms with Gasteiger partial charge in [-0.1, -0.05) is 6.42 Å². The molecule has 3 nitrogen and oxygen atoms in total. The van der Waals surface area contributed by atoms with Crippen molar-refractivity contribution in [2.45, 2.75) is 57.0 Å². The van der Waals surface area contributed by atoms with Crippen molar-refractivity contribution in [2.24, 2.45) is 5.92 Å². The van der Waals surface area contributed by atoms with Crippen LogP contribution >= 0.6 is 0 Å². The highest BCUT2D eigenvalue weighted by molar-refractivity contribution is 5.70. The van der Waals surface area contributed by atoms with E-state index < -0.39 is 5.97 Å². The highest BCUT2D eigenvalue weighted by Gasteiger charge is 2.32. The van der Waals surface area contributed by atoms with Gasteiger partial charge in [0.1, 0.15) is 0 Å². The molecule has 0 radical (unpaired) electrons. The number of carboxylic acid groups (broad SMARTS) is 1. The van der Waals surface area contributed by atoms with E-state index in [1.807, 2.05) is 0 Å². The molecule has 1 N–H and O–H groups in total. The summed E-state index contributed by atoms with van der Waals surface area (Å²) in [4.78, 5) is 13.3. The molecule has 3 heteroatoms. The molecule has 0 saturated heterocycles. The fourth-order valence-corrected chi connectivity index (χ4v) is 2.82. The molecule has 0 unspecified atom stereocenters. The van der Waals surface area contributed by atoms with E-state index in [0.29, 0.717) is 6.04 Å². The lowest BCUT2D eigenvalue weighted by Crippen LogP contribution is -2.45. The van der Waals surface area contributed by atoms with Crippen LogP contribution in [0.15, 0.2) is 0 Å². The van der Waals surface area contributed by atoms with Crippen LogP contribution in [0.1, 0.15) is 44.9 Å². The van der Waals surface area contributed by atoms with Gasteiger partial charge in [-0.25, -0.2) is 0 Å². The van der Waals surface area contributed by atoms with E-state index in [1.54, 1.807) is 0 Å². The van der Waals surface area contributed by atoms with Gasteiger partial charge < -0.3 is 10.0 Å². The molecule has 86 valence electrons. The molecule has 0 aliphatic heterocycles. The Morgan fingerprint density at radius 1 is 1.07 bits per heavy atom. The van der Waals surface area contributed by atoms with E-state index in [9.17, 15) is 4.79 Å². The van der Waals surface area contributed by atoms with Crippen molar-refractivity contribution in [3.8, 4) is 0 Å². The molecule has 0 spiro atoms. The van der Waals surface area contributed by atoms with Crippen LogP contribution in [0.5, 0.6) is 0 Å². The van der Waals surface area contributed by atoms with Crippen LogP contribution < -0.4 is 0 Å². The molecule has 2 rings (SSSR count). The monoisotopic (exact) mass is 211 g/mol. The predicted octanol–water partition coefficient (Wildman–Crippen LogP) is 2.11. The molecular formula is C12H21NO2. The number of hydrogen-bond acceptors (Lipinski definition) is 2. The molecule has 0 atom stereocenters. The average Bonchev–Trinajstić information content (AvgIpc) is 2.15. The normalized spacial score (nSPS) is 32.7. The number of aliphatic carboxylic acids is 1. The Kier molecular flexibility index (Phi) is 3.29. The Morgan fingerprint density at radius 3 is 2.00 bits per heavy atom. The van der Waals surface area contributed by atoms with Crippen LogP contribution in [-0.4, -0.2) is 35.1 Å². The van der Waals surface area contributed by atoms with Crippen LogP contribution in [0, 0.1) is 5.92 Å². The van der Waals surface area contributed by atoms with Crippen LogP contribution in [0.4, 0.5) is 0 Å². The molecule has 0 aromatic heterocycles. The summed E-state index contributed by atoms with van der Waals surface area (Å²) in [6.07, 6.45) is 7.95. The number of hydrogen-bond donors (Lipinski definition) is 1. The van der Waals surface area contributed by atoms with Crippen LogP contribution in [0.25, 0.3) is 0 Å². The van der Waals surface area contributed by atoms with Gasteiger partial charge in [0.15, 0.2) is 0 Å². The molecule has 2 aliphatic rings. The minimum atomic E-state index is -0.597. The third kappa shape index (κ3) is 2.33. The maximum absolute atomic E-state index is 10.8. The summed E-state index contributed by atoms with van der Waals surface area (Å²) in [5, 5.41) is 8.92. The summed E-state index contributed by atoms with van der Waals surface area (Å²) < 4.78 is 0. The second-order valence-electron chi connectivity index (χ2n) is 5.09. The van der Waals surface area contributed by atoms with Crippen molar-refractivity contribution < 1.29 is 9.90 Å². The zero-order valence-electron chi connectivity index (χ0n) is 9.48. The number of carboxylic acids is 1. The molecule has 15 heavy (non-hydrogen) atoms. The average molecular weight is 211 g/mol. The van der Waals surface area contributed by atoms with Gasteiger partial charge in [-0.15, -0.1) is 0 Å². The molecular weight excluding hydrogens is 190 g/mol. The van der Waals surface area contributed by atoms with Gasteiger partial charge in [0.05, 0.1) is 5.92 Å². The van der Waals surface area contributed by atoms with Crippen molar-refractivity contribution in [3.63, 3.8) is 0 Å². The zero-order valence-corrected chi connectivity index (χ0v) is 9.48. The largest absolute Gasteiger partial charge is 0.481 e. The van der Waals surface area contributed by atoms with Crippen molar-refractivity contribution in [1.29, 1.82) is 0 Å². The fraction of sp³-hybridized carbons (Fsp3) is 0.917. The first-order chi connectivity index (χ1) is 7.18. The first kappa shape index (κ1) is 10.9. The van der Waals surface area contributed by atoms with Crippen LogP contribution in [-0.2, 0) is 4.79 Å². The van der Waals surface area contributed by atoms with E-state index >= 15 is 0 Å². The summed E-state index contributed by atoms with van der Waals surface area (Å²) in [5.74, 6) is -0.671. The smallest absolute Gasteiger partial charge is 0.306 e. The molecule has 0 heterocycles. The minimum absolute atomic E-state index is 0.0731. The Morgan fingerprint density at radius 2 is 1.60 bits per heavy atom. The summed E-state index contributed by atoms with van der Waals surface area (Å²) in [6, 6.07) is 1.43. The maximum atomic E-state index is 10.8. The SMILES string of the molecule is CN(C1CCC1)C1CCC(C(=O)O)CC1. The Labute approximate surface area is 91.5 Å². The molecule has 2 saturated carbocycles. The predicted molar refractivity (Wildman–Crippen MR) is 58.8 cm³/mol. The van der Waals surface area contributed by atoms with Crippen LogP contribution in [0.3, 0.4) is 0 Å². The van der Waals surface area contributed by atoms with Gasteiger partial charge in [0.25, 0.3) is 0 Å². The number of nitrogens with zero attached hydrogens (tertiary/aromatic N) is 1.